The third kappa shape index (κ3) is 4.14. The Morgan fingerprint density at radius 2 is 2.23 bits per heavy atom. The smallest absolute Gasteiger partial charge is 0.303 e. The van der Waals surface area contributed by atoms with Gasteiger partial charge in [-0.05, 0) is 61.7 Å². The van der Waals surface area contributed by atoms with Crippen LogP contribution in [0.5, 0.6) is 0 Å². The summed E-state index contributed by atoms with van der Waals surface area (Å²) in [6.45, 7) is 6.27. The average molecular weight is 380 g/mol. The zero-order valence-corrected chi connectivity index (χ0v) is 17.1. The van der Waals surface area contributed by atoms with Crippen molar-refractivity contribution in [2.75, 3.05) is 0 Å². The van der Waals surface area contributed by atoms with Crippen LogP contribution in [-0.4, -0.2) is 22.2 Å². The highest BCUT2D eigenvalue weighted by Crippen LogP contribution is 2.58. The molecule has 0 amide bonds. The molecule has 2 unspecified atom stereocenters. The molecule has 1 heterocycles. The van der Waals surface area contributed by atoms with Gasteiger partial charge < -0.3 is 9.84 Å². The van der Waals surface area contributed by atoms with E-state index in [4.69, 9.17) is 4.74 Å². The summed E-state index contributed by atoms with van der Waals surface area (Å²) < 4.78 is 5.50. The summed E-state index contributed by atoms with van der Waals surface area (Å²) in [5, 5.41) is 13.3. The third-order valence-electron chi connectivity index (χ3n) is 7.01. The number of fused-ring (bicyclic) bond motifs is 1. The molecule has 2 fully saturated rings. The van der Waals surface area contributed by atoms with Gasteiger partial charge in [0.1, 0.15) is 5.01 Å². The number of hydrogen-bond donors (Lipinski definition) is 1. The monoisotopic (exact) mass is 379 g/mol. The molecule has 0 radical (unpaired) electrons. The van der Waals surface area contributed by atoms with Crippen LogP contribution in [0.1, 0.15) is 83.2 Å². The van der Waals surface area contributed by atoms with Gasteiger partial charge in [0.25, 0.3) is 0 Å². The Labute approximate surface area is 161 Å². The fourth-order valence-electron chi connectivity index (χ4n) is 5.78. The first-order valence-corrected chi connectivity index (χ1v) is 11.0. The van der Waals surface area contributed by atoms with E-state index in [0.29, 0.717) is 23.2 Å². The standard InChI is InChI=1S/C21H33NO3S/c1-14(16-9-10-17-18(24)7-5-11-21(16,17)3)6-4-8-19(25-15(2)23)20-22-12-13-26-20/h12-14,16-19,24H,4-11H2,1-3H3/t14?,16-,17+,18+,19?,21-/m0/s1. The number of esters is 1. The van der Waals surface area contributed by atoms with Gasteiger partial charge in [0.05, 0.1) is 6.10 Å². The summed E-state index contributed by atoms with van der Waals surface area (Å²) in [6, 6.07) is 0. The minimum absolute atomic E-state index is 0.0933. The fraction of sp³-hybridized carbons (Fsp3) is 0.810. The summed E-state index contributed by atoms with van der Waals surface area (Å²) >= 11 is 1.56. The van der Waals surface area contributed by atoms with Gasteiger partial charge in [-0.1, -0.05) is 26.7 Å². The number of rotatable bonds is 7. The molecule has 0 aliphatic heterocycles. The predicted molar refractivity (Wildman–Crippen MR) is 104 cm³/mol. The Hall–Kier alpha value is -0.940. The van der Waals surface area contributed by atoms with Gasteiger partial charge in [0, 0.05) is 18.5 Å². The molecule has 26 heavy (non-hydrogen) atoms. The molecule has 146 valence electrons. The maximum Gasteiger partial charge on any atom is 0.303 e. The number of hydrogen-bond acceptors (Lipinski definition) is 5. The Bertz CT molecular complexity index is 590. The topological polar surface area (TPSA) is 59.4 Å². The second-order valence-electron chi connectivity index (χ2n) is 8.63. The van der Waals surface area contributed by atoms with Crippen LogP contribution in [0.15, 0.2) is 11.6 Å². The maximum atomic E-state index is 11.4. The van der Waals surface area contributed by atoms with Crippen LogP contribution in [-0.2, 0) is 9.53 Å². The van der Waals surface area contributed by atoms with Crippen LogP contribution in [0.25, 0.3) is 0 Å². The summed E-state index contributed by atoms with van der Waals surface area (Å²) in [6.07, 6.45) is 10.3. The molecule has 3 rings (SSSR count). The second-order valence-corrected chi connectivity index (χ2v) is 9.56. The number of carbonyl (C=O) groups is 1. The second kappa shape index (κ2) is 8.39. The van der Waals surface area contributed by atoms with Crippen molar-refractivity contribution in [3.8, 4) is 0 Å². The lowest BCUT2D eigenvalue weighted by Crippen LogP contribution is -2.41. The highest BCUT2D eigenvalue weighted by molar-refractivity contribution is 7.09. The van der Waals surface area contributed by atoms with E-state index in [-0.39, 0.29) is 18.2 Å². The van der Waals surface area contributed by atoms with Gasteiger partial charge >= 0.3 is 5.97 Å². The van der Waals surface area contributed by atoms with Gasteiger partial charge in [-0.2, -0.15) is 0 Å². The molecule has 0 bridgehead atoms. The van der Waals surface area contributed by atoms with Crippen molar-refractivity contribution >= 4 is 17.3 Å². The predicted octanol–water partition coefficient (Wildman–Crippen LogP) is 5.13. The van der Waals surface area contributed by atoms with Crippen LogP contribution in [0.2, 0.25) is 0 Å². The molecule has 5 heteroatoms. The van der Waals surface area contributed by atoms with Crippen LogP contribution >= 0.6 is 11.3 Å². The van der Waals surface area contributed by atoms with Crippen molar-refractivity contribution in [3.63, 3.8) is 0 Å². The number of aromatic nitrogens is 1. The van der Waals surface area contributed by atoms with Crippen molar-refractivity contribution in [2.45, 2.75) is 84.3 Å². The van der Waals surface area contributed by atoms with E-state index in [2.05, 4.69) is 18.8 Å². The highest BCUT2D eigenvalue weighted by atomic mass is 32.1. The Morgan fingerprint density at radius 3 is 2.92 bits per heavy atom. The van der Waals surface area contributed by atoms with Crippen LogP contribution in [0.3, 0.4) is 0 Å². The van der Waals surface area contributed by atoms with E-state index < -0.39 is 0 Å². The molecule has 2 aliphatic rings. The van der Waals surface area contributed by atoms with E-state index in [1.165, 1.54) is 26.2 Å². The number of aliphatic hydroxyl groups excluding tert-OH is 1. The van der Waals surface area contributed by atoms with Crippen molar-refractivity contribution < 1.29 is 14.6 Å². The SMILES string of the molecule is CC(=O)OC(CCCC(C)[C@@H]1CC[C@@H]2[C@H](O)CCC[C@]21C)c1nccs1. The maximum absolute atomic E-state index is 11.4. The lowest BCUT2D eigenvalue weighted by molar-refractivity contribution is -0.147. The van der Waals surface area contributed by atoms with Crippen molar-refractivity contribution in [1.82, 2.24) is 4.98 Å². The van der Waals surface area contributed by atoms with E-state index in [1.807, 2.05) is 5.38 Å². The van der Waals surface area contributed by atoms with E-state index >= 15 is 0 Å². The van der Waals surface area contributed by atoms with Gasteiger partial charge in [0.15, 0.2) is 6.10 Å². The molecular weight excluding hydrogens is 346 g/mol. The molecule has 6 atom stereocenters. The summed E-state index contributed by atoms with van der Waals surface area (Å²) in [4.78, 5) is 15.7. The first-order chi connectivity index (χ1) is 12.4. The lowest BCUT2D eigenvalue weighted by Gasteiger charge is -2.45. The third-order valence-corrected chi connectivity index (χ3v) is 7.88. The van der Waals surface area contributed by atoms with E-state index in [1.54, 1.807) is 17.5 Å². The Kier molecular flexibility index (Phi) is 6.39. The number of nitrogens with zero attached hydrogens (tertiary/aromatic N) is 1. The fourth-order valence-corrected chi connectivity index (χ4v) is 6.48. The van der Waals surface area contributed by atoms with E-state index in [9.17, 15) is 9.90 Å². The van der Waals surface area contributed by atoms with Crippen molar-refractivity contribution in [1.29, 1.82) is 0 Å². The molecule has 1 aromatic rings. The molecular formula is C21H33NO3S. The Balaban J connectivity index is 1.55. The molecule has 0 aromatic carbocycles. The van der Waals surface area contributed by atoms with Crippen LogP contribution < -0.4 is 0 Å². The number of carbonyl (C=O) groups excluding carboxylic acids is 1. The van der Waals surface area contributed by atoms with Crippen molar-refractivity contribution in [2.24, 2.45) is 23.2 Å². The normalized spacial score (nSPS) is 33.5. The number of thiazole rings is 1. The van der Waals surface area contributed by atoms with E-state index in [0.717, 1.165) is 37.1 Å². The molecule has 0 saturated heterocycles. The minimum atomic E-state index is -0.236. The minimum Gasteiger partial charge on any atom is -0.455 e. The average Bonchev–Trinajstić information content (AvgIpc) is 3.21. The van der Waals surface area contributed by atoms with Gasteiger partial charge in [-0.3, -0.25) is 4.79 Å². The number of ether oxygens (including phenoxy) is 1. The Morgan fingerprint density at radius 1 is 1.42 bits per heavy atom. The number of aliphatic hydroxyl groups is 1. The van der Waals surface area contributed by atoms with Gasteiger partial charge in [-0.15, -0.1) is 11.3 Å². The largest absolute Gasteiger partial charge is 0.455 e. The van der Waals surface area contributed by atoms with Crippen LogP contribution in [0, 0.1) is 23.2 Å². The zero-order valence-electron chi connectivity index (χ0n) is 16.3. The van der Waals surface area contributed by atoms with Crippen LogP contribution in [0.4, 0.5) is 0 Å². The molecule has 4 nitrogen and oxygen atoms in total. The first-order valence-electron chi connectivity index (χ1n) is 10.2. The van der Waals surface area contributed by atoms with Gasteiger partial charge in [-0.25, -0.2) is 4.98 Å². The molecule has 2 aliphatic carbocycles. The molecule has 1 aromatic heterocycles. The van der Waals surface area contributed by atoms with Crippen molar-refractivity contribution in [3.05, 3.63) is 16.6 Å². The summed E-state index contributed by atoms with van der Waals surface area (Å²) in [5.74, 6) is 1.60. The molecule has 2 saturated carbocycles. The lowest BCUT2D eigenvalue weighted by atomic mass is 9.61. The highest BCUT2D eigenvalue weighted by Gasteiger charge is 2.51. The molecule has 1 N–H and O–H groups in total. The summed E-state index contributed by atoms with van der Waals surface area (Å²) in [7, 11) is 0. The quantitative estimate of drug-likeness (QED) is 0.667. The molecule has 0 spiro atoms. The van der Waals surface area contributed by atoms with Gasteiger partial charge in [0.2, 0.25) is 0 Å². The zero-order chi connectivity index (χ0) is 18.7. The first kappa shape index (κ1) is 19.8. The summed E-state index contributed by atoms with van der Waals surface area (Å²) in [5.41, 5.74) is 0.307.